The molecule has 4 amide bonds. The molecule has 1 unspecified atom stereocenters. The molecule has 1 aromatic carbocycles. The lowest BCUT2D eigenvalue weighted by molar-refractivity contribution is -0.367. The molecule has 8 nitrogen and oxygen atoms in total. The van der Waals surface area contributed by atoms with Crippen LogP contribution in [0, 0.1) is 0 Å². The summed E-state index contributed by atoms with van der Waals surface area (Å²) < 4.78 is 1.69. The van der Waals surface area contributed by atoms with E-state index in [-0.39, 0.29) is 17.6 Å². The van der Waals surface area contributed by atoms with Gasteiger partial charge in [-0.1, -0.05) is 23.7 Å². The van der Waals surface area contributed by atoms with Crippen LogP contribution in [0.15, 0.2) is 29.3 Å². The Morgan fingerprint density at radius 2 is 1.93 bits per heavy atom. The first kappa shape index (κ1) is 19.4. The standard InChI is InChI=1S/C17H18ClN5O3S/c1-21-14-13(15(25)23(3)17(26)22(14)2)20-16(21)27-9-12(24)19-8-10-4-6-11(18)7-5-10/h4-7,13H,8-9H2,1-3H3/p+1. The van der Waals surface area contributed by atoms with Crippen LogP contribution in [0.5, 0.6) is 0 Å². The van der Waals surface area contributed by atoms with Crippen LogP contribution in [0.3, 0.4) is 0 Å². The van der Waals surface area contributed by atoms with Gasteiger partial charge in [-0.05, 0) is 29.5 Å². The van der Waals surface area contributed by atoms with Crippen LogP contribution in [0.1, 0.15) is 5.56 Å². The topological polar surface area (TPSA) is 85.1 Å². The Bertz CT molecular complexity index is 868. The molecular weight excluding hydrogens is 390 g/mol. The number of rotatable bonds is 4. The Hall–Kier alpha value is -2.39. The van der Waals surface area contributed by atoms with Crippen molar-refractivity contribution in [2.75, 3.05) is 26.9 Å². The van der Waals surface area contributed by atoms with E-state index in [1.807, 2.05) is 12.1 Å². The number of fused-ring (bicyclic) bond motifs is 1. The van der Waals surface area contributed by atoms with Gasteiger partial charge < -0.3 is 5.32 Å². The summed E-state index contributed by atoms with van der Waals surface area (Å²) in [6.45, 7) is 0.402. The van der Waals surface area contributed by atoms with E-state index in [0.717, 1.165) is 10.5 Å². The fourth-order valence-electron chi connectivity index (χ4n) is 2.83. The van der Waals surface area contributed by atoms with Crippen molar-refractivity contribution in [3.63, 3.8) is 0 Å². The smallest absolute Gasteiger partial charge is 0.351 e. The number of imide groups is 1. The first-order valence-corrected chi connectivity index (χ1v) is 9.53. The van der Waals surface area contributed by atoms with E-state index in [0.29, 0.717) is 22.6 Å². The highest BCUT2D eigenvalue weighted by Gasteiger charge is 2.51. The molecule has 1 N–H and O–H groups in total. The summed E-state index contributed by atoms with van der Waals surface area (Å²) in [6.07, 6.45) is 0. The molecule has 142 valence electrons. The third kappa shape index (κ3) is 3.84. The molecule has 0 radical (unpaired) electrons. The number of aliphatic imine (C=N–C) groups is 1. The first-order valence-electron chi connectivity index (χ1n) is 8.17. The molecule has 3 rings (SSSR count). The molecular formula is C17H19ClN5O3S+. The number of thioether (sulfide) groups is 1. The van der Waals surface area contributed by atoms with E-state index in [2.05, 4.69) is 10.3 Å². The number of nitrogens with zero attached hydrogens (tertiary/aromatic N) is 4. The molecule has 1 saturated heterocycles. The molecule has 2 heterocycles. The normalized spacial score (nSPS) is 19.4. The summed E-state index contributed by atoms with van der Waals surface area (Å²) in [7, 11) is 4.77. The van der Waals surface area contributed by atoms with Crippen LogP contribution in [0.4, 0.5) is 4.79 Å². The Balaban J connectivity index is 1.60. The Kier molecular flexibility index (Phi) is 5.52. The van der Waals surface area contributed by atoms with Crippen LogP contribution in [0.25, 0.3) is 0 Å². The quantitative estimate of drug-likeness (QED) is 0.753. The molecule has 0 spiro atoms. The van der Waals surface area contributed by atoms with Crippen LogP contribution in [0.2, 0.25) is 5.02 Å². The highest BCUT2D eigenvalue weighted by Crippen LogP contribution is 2.21. The van der Waals surface area contributed by atoms with Gasteiger partial charge in [0, 0.05) is 18.6 Å². The second-order valence-corrected chi connectivity index (χ2v) is 7.54. The van der Waals surface area contributed by atoms with Gasteiger partial charge >= 0.3 is 6.03 Å². The van der Waals surface area contributed by atoms with Crippen molar-refractivity contribution in [3.8, 4) is 0 Å². The largest absolute Gasteiger partial charge is 0.388 e. The van der Waals surface area contributed by atoms with E-state index in [4.69, 9.17) is 11.6 Å². The number of carbonyl (C=O) groups excluding carboxylic acids is 3. The van der Waals surface area contributed by atoms with Crippen molar-refractivity contribution in [1.82, 2.24) is 15.1 Å². The maximum absolute atomic E-state index is 12.3. The van der Waals surface area contributed by atoms with Crippen LogP contribution in [-0.4, -0.2) is 76.2 Å². The average Bonchev–Trinajstić information content (AvgIpc) is 2.99. The van der Waals surface area contributed by atoms with Gasteiger partial charge in [-0.15, -0.1) is 4.99 Å². The molecule has 10 heteroatoms. The summed E-state index contributed by atoms with van der Waals surface area (Å²) in [5.41, 5.74) is 0.948. The molecule has 0 aliphatic carbocycles. The molecule has 27 heavy (non-hydrogen) atoms. The minimum atomic E-state index is -0.748. The predicted molar refractivity (Wildman–Crippen MR) is 104 cm³/mol. The number of amides is 4. The van der Waals surface area contributed by atoms with E-state index in [1.54, 1.807) is 30.8 Å². The average molecular weight is 409 g/mol. The summed E-state index contributed by atoms with van der Waals surface area (Å²) in [6, 6.07) is 6.08. The number of carbonyl (C=O) groups is 3. The van der Waals surface area contributed by atoms with Gasteiger partial charge in [-0.3, -0.25) is 14.5 Å². The maximum Gasteiger partial charge on any atom is 0.388 e. The van der Waals surface area contributed by atoms with E-state index >= 15 is 0 Å². The van der Waals surface area contributed by atoms with Crippen molar-refractivity contribution in [2.45, 2.75) is 12.6 Å². The minimum absolute atomic E-state index is 0.151. The van der Waals surface area contributed by atoms with E-state index in [1.165, 1.54) is 23.7 Å². The zero-order chi connectivity index (χ0) is 19.7. The molecule has 2 aliphatic rings. The van der Waals surface area contributed by atoms with Crippen molar-refractivity contribution in [2.24, 2.45) is 4.99 Å². The zero-order valence-electron chi connectivity index (χ0n) is 15.1. The van der Waals surface area contributed by atoms with E-state index < -0.39 is 12.1 Å². The lowest BCUT2D eigenvalue weighted by atomic mass is 10.2. The van der Waals surface area contributed by atoms with Gasteiger partial charge in [0.25, 0.3) is 23.0 Å². The summed E-state index contributed by atoms with van der Waals surface area (Å²) in [5, 5.41) is 4.00. The van der Waals surface area contributed by atoms with Crippen molar-refractivity contribution in [3.05, 3.63) is 34.9 Å². The number of likely N-dealkylation sites (N-methyl/N-ethyl adjacent to an activating group) is 2. The number of benzene rings is 1. The van der Waals surface area contributed by atoms with Crippen molar-refractivity contribution < 1.29 is 19.0 Å². The maximum atomic E-state index is 12.3. The molecule has 0 bridgehead atoms. The fraction of sp³-hybridized carbons (Fsp3) is 0.353. The van der Waals surface area contributed by atoms with Gasteiger partial charge in [0.2, 0.25) is 5.91 Å². The summed E-state index contributed by atoms with van der Waals surface area (Å²) >= 11 is 7.06. The molecule has 1 aromatic rings. The lowest BCUT2D eigenvalue weighted by Gasteiger charge is -2.27. The lowest BCUT2D eigenvalue weighted by Crippen LogP contribution is -2.59. The predicted octanol–water partition coefficient (Wildman–Crippen LogP) is 0.992. The summed E-state index contributed by atoms with van der Waals surface area (Å²) in [5.74, 6) is 0.132. The fourth-order valence-corrected chi connectivity index (χ4v) is 3.78. The van der Waals surface area contributed by atoms with Gasteiger partial charge in [-0.2, -0.15) is 0 Å². The van der Waals surface area contributed by atoms with E-state index in [9.17, 15) is 14.4 Å². The number of amidine groups is 2. The highest BCUT2D eigenvalue weighted by molar-refractivity contribution is 8.13. The Labute approximate surface area is 165 Å². The number of hydrogen-bond donors (Lipinski definition) is 1. The van der Waals surface area contributed by atoms with Gasteiger partial charge in [0.05, 0.1) is 19.8 Å². The Morgan fingerprint density at radius 3 is 2.59 bits per heavy atom. The third-order valence-corrected chi connectivity index (χ3v) is 5.63. The SMILES string of the molecule is CN1C(=O)C2N=C(SCC(=O)NCc3ccc(Cl)cc3)[N+](C)=C2N(C)C1=O. The third-order valence-electron chi connectivity index (χ3n) is 4.33. The second kappa shape index (κ2) is 7.69. The van der Waals surface area contributed by atoms with Crippen LogP contribution in [-0.2, 0) is 16.1 Å². The number of hydrogen-bond acceptors (Lipinski definition) is 5. The summed E-state index contributed by atoms with van der Waals surface area (Å²) in [4.78, 5) is 43.4. The van der Waals surface area contributed by atoms with Gasteiger partial charge in [-0.25, -0.2) is 14.3 Å². The number of urea groups is 1. The minimum Gasteiger partial charge on any atom is -0.351 e. The molecule has 1 atom stereocenters. The van der Waals surface area contributed by atoms with Crippen molar-refractivity contribution in [1.29, 1.82) is 0 Å². The number of halogens is 1. The van der Waals surface area contributed by atoms with Crippen LogP contribution < -0.4 is 5.32 Å². The van der Waals surface area contributed by atoms with Crippen LogP contribution >= 0.6 is 23.4 Å². The molecule has 2 aliphatic heterocycles. The number of nitrogens with one attached hydrogen (secondary N) is 1. The first-order chi connectivity index (χ1) is 12.8. The zero-order valence-corrected chi connectivity index (χ0v) is 16.7. The Morgan fingerprint density at radius 1 is 1.26 bits per heavy atom. The van der Waals surface area contributed by atoms with Crippen molar-refractivity contribution >= 4 is 52.2 Å². The molecule has 0 aromatic heterocycles. The monoisotopic (exact) mass is 408 g/mol. The van der Waals surface area contributed by atoms with Gasteiger partial charge in [0.1, 0.15) is 0 Å². The van der Waals surface area contributed by atoms with Gasteiger partial charge in [0.15, 0.2) is 0 Å². The molecule has 0 saturated carbocycles. The second-order valence-electron chi connectivity index (χ2n) is 6.16. The molecule has 1 fully saturated rings. The highest BCUT2D eigenvalue weighted by atomic mass is 35.5.